The van der Waals surface area contributed by atoms with Gasteiger partial charge in [0.25, 0.3) is 0 Å². The van der Waals surface area contributed by atoms with Gasteiger partial charge in [0.2, 0.25) is 15.9 Å². The number of hydrogen-bond donors (Lipinski definition) is 1. The zero-order valence-electron chi connectivity index (χ0n) is 17.0. The van der Waals surface area contributed by atoms with Gasteiger partial charge in [0, 0.05) is 18.3 Å². The summed E-state index contributed by atoms with van der Waals surface area (Å²) in [5.74, 6) is -0.456. The monoisotopic (exact) mass is 432 g/mol. The number of esters is 1. The van der Waals surface area contributed by atoms with E-state index in [1.165, 1.54) is 36.7 Å². The van der Waals surface area contributed by atoms with E-state index in [0.29, 0.717) is 35.4 Å². The third-order valence-corrected chi connectivity index (χ3v) is 7.11. The smallest absolute Gasteiger partial charge is 0.337 e. The molecule has 0 bridgehead atoms. The van der Waals surface area contributed by atoms with Gasteiger partial charge in [-0.15, -0.1) is 0 Å². The minimum Gasteiger partial charge on any atom is -0.497 e. The molecule has 0 unspecified atom stereocenters. The summed E-state index contributed by atoms with van der Waals surface area (Å²) >= 11 is 0. The van der Waals surface area contributed by atoms with Gasteiger partial charge in [0.15, 0.2) is 0 Å². The molecule has 9 heteroatoms. The van der Waals surface area contributed by atoms with E-state index in [1.54, 1.807) is 31.2 Å². The molecule has 1 atom stereocenters. The number of anilines is 1. The van der Waals surface area contributed by atoms with Gasteiger partial charge in [-0.3, -0.25) is 4.79 Å². The van der Waals surface area contributed by atoms with Crippen molar-refractivity contribution < 1.29 is 27.5 Å². The fourth-order valence-electron chi connectivity index (χ4n) is 3.43. The highest BCUT2D eigenvalue weighted by Crippen LogP contribution is 2.30. The van der Waals surface area contributed by atoms with Crippen molar-refractivity contribution in [3.63, 3.8) is 0 Å². The Morgan fingerprint density at radius 2 is 1.80 bits per heavy atom. The van der Waals surface area contributed by atoms with E-state index in [-0.39, 0.29) is 11.4 Å². The van der Waals surface area contributed by atoms with E-state index in [1.807, 2.05) is 0 Å². The van der Waals surface area contributed by atoms with Crippen molar-refractivity contribution in [3.8, 4) is 5.75 Å². The Kier molecular flexibility index (Phi) is 6.42. The summed E-state index contributed by atoms with van der Waals surface area (Å²) in [5.41, 5.74) is 1.41. The van der Waals surface area contributed by atoms with E-state index in [9.17, 15) is 18.0 Å². The largest absolute Gasteiger partial charge is 0.497 e. The standard InChI is InChI=1S/C21H24N2O6S/c1-14-6-11-17(28-2)13-19(14)30(26,27)23-12-4-5-18(23)20(24)22-16-9-7-15(8-10-16)21(25)29-3/h6-11,13,18H,4-5,12H2,1-3H3,(H,22,24)/t18-/m0/s1. The van der Waals surface area contributed by atoms with E-state index >= 15 is 0 Å². The highest BCUT2D eigenvalue weighted by Gasteiger charge is 2.40. The number of carbonyl (C=O) groups is 2. The van der Waals surface area contributed by atoms with Crippen molar-refractivity contribution in [2.75, 3.05) is 26.1 Å². The van der Waals surface area contributed by atoms with Crippen molar-refractivity contribution in [1.82, 2.24) is 4.31 Å². The van der Waals surface area contributed by atoms with Crippen molar-refractivity contribution in [3.05, 3.63) is 53.6 Å². The van der Waals surface area contributed by atoms with E-state index in [2.05, 4.69) is 10.1 Å². The molecule has 1 N–H and O–H groups in total. The molecule has 1 amide bonds. The number of amides is 1. The summed E-state index contributed by atoms with van der Waals surface area (Å²) in [6, 6.07) is 10.2. The van der Waals surface area contributed by atoms with Gasteiger partial charge in [-0.25, -0.2) is 13.2 Å². The van der Waals surface area contributed by atoms with Crippen LogP contribution in [0.4, 0.5) is 5.69 Å². The number of nitrogens with one attached hydrogen (secondary N) is 1. The van der Waals surface area contributed by atoms with Crippen LogP contribution in [-0.4, -0.2) is 51.4 Å². The van der Waals surface area contributed by atoms with Crippen LogP contribution in [0.2, 0.25) is 0 Å². The molecule has 0 saturated carbocycles. The molecule has 3 rings (SSSR count). The van der Waals surface area contributed by atoms with Crippen molar-refractivity contribution in [2.24, 2.45) is 0 Å². The zero-order chi connectivity index (χ0) is 21.9. The minimum atomic E-state index is -3.88. The predicted octanol–water partition coefficient (Wildman–Crippen LogP) is 2.58. The number of benzene rings is 2. The molecule has 0 spiro atoms. The normalized spacial score (nSPS) is 16.8. The number of rotatable bonds is 6. The summed E-state index contributed by atoms with van der Waals surface area (Å²) in [6.45, 7) is 1.97. The maximum atomic E-state index is 13.3. The number of ether oxygens (including phenoxy) is 2. The van der Waals surface area contributed by atoms with Crippen LogP contribution in [0.1, 0.15) is 28.8 Å². The van der Waals surface area contributed by atoms with E-state index < -0.39 is 27.9 Å². The molecule has 1 heterocycles. The first-order valence-electron chi connectivity index (χ1n) is 9.43. The quantitative estimate of drug-likeness (QED) is 0.704. The van der Waals surface area contributed by atoms with Crippen molar-refractivity contribution in [1.29, 1.82) is 0 Å². The number of methoxy groups -OCH3 is 2. The third-order valence-electron chi connectivity index (χ3n) is 5.06. The second-order valence-corrected chi connectivity index (χ2v) is 8.82. The molecule has 1 aliphatic rings. The van der Waals surface area contributed by atoms with Gasteiger partial charge in [-0.1, -0.05) is 6.07 Å². The maximum Gasteiger partial charge on any atom is 0.337 e. The number of carbonyl (C=O) groups excluding carboxylic acids is 2. The van der Waals surface area contributed by atoms with Crippen molar-refractivity contribution >= 4 is 27.6 Å². The van der Waals surface area contributed by atoms with Gasteiger partial charge in [0.05, 0.1) is 24.7 Å². The first-order valence-corrected chi connectivity index (χ1v) is 10.9. The molecule has 30 heavy (non-hydrogen) atoms. The molecule has 1 saturated heterocycles. The number of aryl methyl sites for hydroxylation is 1. The molecule has 0 aromatic heterocycles. The minimum absolute atomic E-state index is 0.129. The average Bonchev–Trinajstić information content (AvgIpc) is 3.25. The van der Waals surface area contributed by atoms with Crippen LogP contribution in [-0.2, 0) is 19.6 Å². The number of hydrogen-bond acceptors (Lipinski definition) is 6. The summed E-state index contributed by atoms with van der Waals surface area (Å²) < 4.78 is 37.6. The van der Waals surface area contributed by atoms with Crippen LogP contribution in [0, 0.1) is 6.92 Å². The second-order valence-electron chi connectivity index (χ2n) is 6.96. The average molecular weight is 432 g/mol. The Morgan fingerprint density at radius 1 is 1.10 bits per heavy atom. The van der Waals surface area contributed by atoms with Gasteiger partial charge in [-0.2, -0.15) is 4.31 Å². The molecule has 0 radical (unpaired) electrons. The molecule has 1 fully saturated rings. The van der Waals surface area contributed by atoms with Crippen LogP contribution in [0.3, 0.4) is 0 Å². The Labute approximate surface area is 175 Å². The van der Waals surface area contributed by atoms with E-state index in [4.69, 9.17) is 4.74 Å². The molecule has 1 aliphatic heterocycles. The van der Waals surface area contributed by atoms with Crippen LogP contribution < -0.4 is 10.1 Å². The van der Waals surface area contributed by atoms with Gasteiger partial charge >= 0.3 is 5.97 Å². The molecule has 8 nitrogen and oxygen atoms in total. The second kappa shape index (κ2) is 8.85. The highest BCUT2D eigenvalue weighted by molar-refractivity contribution is 7.89. The lowest BCUT2D eigenvalue weighted by Gasteiger charge is -2.24. The summed E-state index contributed by atoms with van der Waals surface area (Å²) in [4.78, 5) is 24.5. The third kappa shape index (κ3) is 4.31. The van der Waals surface area contributed by atoms with Gasteiger partial charge in [0.1, 0.15) is 11.8 Å². The molecular weight excluding hydrogens is 408 g/mol. The van der Waals surface area contributed by atoms with Crippen LogP contribution in [0.5, 0.6) is 5.75 Å². The fraction of sp³-hybridized carbons (Fsp3) is 0.333. The first kappa shape index (κ1) is 21.8. The Morgan fingerprint density at radius 3 is 2.43 bits per heavy atom. The summed E-state index contributed by atoms with van der Waals surface area (Å²) in [7, 11) is -1.12. The Hall–Kier alpha value is -2.91. The Balaban J connectivity index is 1.81. The molecule has 2 aromatic carbocycles. The topological polar surface area (TPSA) is 102 Å². The van der Waals surface area contributed by atoms with Crippen LogP contribution in [0.25, 0.3) is 0 Å². The molecule has 2 aromatic rings. The Bertz CT molecular complexity index is 1050. The SMILES string of the molecule is COC(=O)c1ccc(NC(=O)[C@@H]2CCCN2S(=O)(=O)c2cc(OC)ccc2C)cc1. The first-order chi connectivity index (χ1) is 14.3. The zero-order valence-corrected chi connectivity index (χ0v) is 17.9. The summed E-state index contributed by atoms with van der Waals surface area (Å²) in [6.07, 6.45) is 1.01. The van der Waals surface area contributed by atoms with Crippen LogP contribution in [0.15, 0.2) is 47.4 Å². The highest BCUT2D eigenvalue weighted by atomic mass is 32.2. The molecule has 0 aliphatic carbocycles. The fourth-order valence-corrected chi connectivity index (χ4v) is 5.33. The number of nitrogens with zero attached hydrogens (tertiary/aromatic N) is 1. The summed E-state index contributed by atoms with van der Waals surface area (Å²) in [5, 5.41) is 2.74. The molecule has 160 valence electrons. The van der Waals surface area contributed by atoms with E-state index in [0.717, 1.165) is 0 Å². The predicted molar refractivity (Wildman–Crippen MR) is 111 cm³/mol. The van der Waals surface area contributed by atoms with Crippen LogP contribution >= 0.6 is 0 Å². The van der Waals surface area contributed by atoms with Crippen molar-refractivity contribution in [2.45, 2.75) is 30.7 Å². The lowest BCUT2D eigenvalue weighted by Crippen LogP contribution is -2.43. The van der Waals surface area contributed by atoms with Gasteiger partial charge in [-0.05, 0) is 55.7 Å². The number of sulfonamides is 1. The molecular formula is C21H24N2O6S. The lowest BCUT2D eigenvalue weighted by molar-refractivity contribution is -0.119. The van der Waals surface area contributed by atoms with Gasteiger partial charge < -0.3 is 14.8 Å². The lowest BCUT2D eigenvalue weighted by atomic mass is 10.2. The maximum absolute atomic E-state index is 13.3.